The van der Waals surface area contributed by atoms with E-state index in [2.05, 4.69) is 5.10 Å². The number of ether oxygens (including phenoxy) is 1. The summed E-state index contributed by atoms with van der Waals surface area (Å²) in [4.78, 5) is 14.1. The van der Waals surface area contributed by atoms with Crippen LogP contribution in [0.15, 0.2) is 16.5 Å². The van der Waals surface area contributed by atoms with Crippen molar-refractivity contribution in [2.75, 3.05) is 26.3 Å². The highest BCUT2D eigenvalue weighted by Crippen LogP contribution is 2.20. The number of hydrogen-bond donors (Lipinski definition) is 0. The first-order valence-corrected chi connectivity index (χ1v) is 7.59. The van der Waals surface area contributed by atoms with E-state index in [1.165, 1.54) is 0 Å². The van der Waals surface area contributed by atoms with E-state index >= 15 is 0 Å². The third kappa shape index (κ3) is 2.89. The molecule has 3 rings (SSSR count). The van der Waals surface area contributed by atoms with Crippen LogP contribution in [0.3, 0.4) is 0 Å². The van der Waals surface area contributed by atoms with Crippen molar-refractivity contribution in [1.82, 2.24) is 14.7 Å². The minimum absolute atomic E-state index is 0.0963. The van der Waals surface area contributed by atoms with Gasteiger partial charge >= 0.3 is 0 Å². The number of furan rings is 1. The van der Waals surface area contributed by atoms with Gasteiger partial charge in [0.05, 0.1) is 36.2 Å². The van der Waals surface area contributed by atoms with Crippen molar-refractivity contribution in [3.05, 3.63) is 40.1 Å². The third-order valence-electron chi connectivity index (χ3n) is 3.77. The molecule has 2 aromatic heterocycles. The second-order valence-electron chi connectivity index (χ2n) is 5.31. The number of nitrogens with zero attached hydrogens (tertiary/aromatic N) is 3. The molecule has 6 nitrogen and oxygen atoms in total. The lowest BCUT2D eigenvalue weighted by atomic mass is 10.3. The van der Waals surface area contributed by atoms with Crippen LogP contribution in [0, 0.1) is 13.8 Å². The van der Waals surface area contributed by atoms with E-state index < -0.39 is 0 Å². The van der Waals surface area contributed by atoms with Crippen LogP contribution in [0.1, 0.15) is 27.7 Å². The maximum absolute atomic E-state index is 12.3. The van der Waals surface area contributed by atoms with Crippen molar-refractivity contribution in [1.29, 1.82) is 0 Å². The Hall–Kier alpha value is -1.79. The molecule has 0 spiro atoms. The average molecular weight is 324 g/mol. The van der Waals surface area contributed by atoms with E-state index in [9.17, 15) is 4.79 Å². The normalized spacial score (nSPS) is 15.3. The fourth-order valence-corrected chi connectivity index (χ4v) is 2.61. The first-order chi connectivity index (χ1) is 10.6. The van der Waals surface area contributed by atoms with Crippen molar-refractivity contribution in [3.63, 3.8) is 0 Å². The quantitative estimate of drug-likeness (QED) is 0.869. The smallest absolute Gasteiger partial charge is 0.289 e. The van der Waals surface area contributed by atoms with Gasteiger partial charge in [0.1, 0.15) is 5.76 Å². The second kappa shape index (κ2) is 6.14. The van der Waals surface area contributed by atoms with E-state index in [4.69, 9.17) is 20.8 Å². The molecule has 2 aromatic rings. The highest BCUT2D eigenvalue weighted by Gasteiger charge is 2.21. The number of amides is 1. The predicted molar refractivity (Wildman–Crippen MR) is 81.2 cm³/mol. The SMILES string of the molecule is Cc1nn(Cc2ccc(C(=O)N3CCOCC3)o2)c(C)c1Cl. The summed E-state index contributed by atoms with van der Waals surface area (Å²) in [5.41, 5.74) is 1.67. The van der Waals surface area contributed by atoms with Crippen LogP contribution in [0.4, 0.5) is 0 Å². The van der Waals surface area contributed by atoms with Gasteiger partial charge in [-0.1, -0.05) is 11.6 Å². The van der Waals surface area contributed by atoms with E-state index in [1.807, 2.05) is 13.8 Å². The largest absolute Gasteiger partial charge is 0.454 e. The monoisotopic (exact) mass is 323 g/mol. The van der Waals surface area contributed by atoms with Gasteiger partial charge in [-0.2, -0.15) is 5.10 Å². The molecule has 0 N–H and O–H groups in total. The van der Waals surface area contributed by atoms with Crippen LogP contribution in [0.5, 0.6) is 0 Å². The molecule has 0 aliphatic carbocycles. The van der Waals surface area contributed by atoms with E-state index in [0.29, 0.717) is 49.4 Å². The minimum Gasteiger partial charge on any atom is -0.454 e. The highest BCUT2D eigenvalue weighted by molar-refractivity contribution is 6.31. The van der Waals surface area contributed by atoms with Crippen molar-refractivity contribution in [2.24, 2.45) is 0 Å². The summed E-state index contributed by atoms with van der Waals surface area (Å²) in [6.07, 6.45) is 0. The molecule has 3 heterocycles. The summed E-state index contributed by atoms with van der Waals surface area (Å²) in [6.45, 7) is 6.57. The molecular formula is C15H18ClN3O3. The molecule has 1 aliphatic heterocycles. The molecule has 1 aliphatic rings. The molecule has 7 heteroatoms. The van der Waals surface area contributed by atoms with Crippen molar-refractivity contribution in [3.8, 4) is 0 Å². The fraction of sp³-hybridized carbons (Fsp3) is 0.467. The Morgan fingerprint density at radius 2 is 2.05 bits per heavy atom. The third-order valence-corrected chi connectivity index (χ3v) is 4.32. The summed E-state index contributed by atoms with van der Waals surface area (Å²) >= 11 is 6.14. The first kappa shape index (κ1) is 15.1. The number of carbonyl (C=O) groups is 1. The lowest BCUT2D eigenvalue weighted by Crippen LogP contribution is -2.40. The van der Waals surface area contributed by atoms with Gasteiger partial charge in [-0.3, -0.25) is 9.48 Å². The zero-order valence-corrected chi connectivity index (χ0v) is 13.4. The van der Waals surface area contributed by atoms with Gasteiger partial charge in [-0.15, -0.1) is 0 Å². The van der Waals surface area contributed by atoms with E-state index in [-0.39, 0.29) is 5.91 Å². The molecule has 0 radical (unpaired) electrons. The van der Waals surface area contributed by atoms with Gasteiger partial charge in [-0.05, 0) is 26.0 Å². The van der Waals surface area contributed by atoms with Gasteiger partial charge < -0.3 is 14.1 Å². The average Bonchev–Trinajstić information content (AvgIpc) is 3.09. The topological polar surface area (TPSA) is 60.5 Å². The van der Waals surface area contributed by atoms with Crippen LogP contribution in [-0.4, -0.2) is 46.9 Å². The number of hydrogen-bond acceptors (Lipinski definition) is 4. The molecule has 118 valence electrons. The molecule has 0 aromatic carbocycles. The zero-order chi connectivity index (χ0) is 15.7. The van der Waals surface area contributed by atoms with Gasteiger partial charge in [0.25, 0.3) is 5.91 Å². The summed E-state index contributed by atoms with van der Waals surface area (Å²) in [7, 11) is 0. The van der Waals surface area contributed by atoms with E-state index in [1.54, 1.807) is 21.7 Å². The molecule has 22 heavy (non-hydrogen) atoms. The van der Waals surface area contributed by atoms with Gasteiger partial charge in [0.2, 0.25) is 0 Å². The van der Waals surface area contributed by atoms with Crippen LogP contribution < -0.4 is 0 Å². The number of aromatic nitrogens is 2. The molecular weight excluding hydrogens is 306 g/mol. The Morgan fingerprint density at radius 3 is 2.68 bits per heavy atom. The van der Waals surface area contributed by atoms with Gasteiger partial charge in [-0.25, -0.2) is 0 Å². The molecule has 1 saturated heterocycles. The summed E-state index contributed by atoms with van der Waals surface area (Å²) in [5, 5.41) is 5.02. The van der Waals surface area contributed by atoms with Gasteiger partial charge in [0.15, 0.2) is 5.76 Å². The van der Waals surface area contributed by atoms with Crippen LogP contribution in [-0.2, 0) is 11.3 Å². The number of morpholine rings is 1. The van der Waals surface area contributed by atoms with Crippen molar-refractivity contribution < 1.29 is 13.9 Å². The van der Waals surface area contributed by atoms with E-state index in [0.717, 1.165) is 11.4 Å². The molecule has 0 atom stereocenters. The maximum Gasteiger partial charge on any atom is 0.289 e. The zero-order valence-electron chi connectivity index (χ0n) is 12.6. The second-order valence-corrected chi connectivity index (χ2v) is 5.69. The van der Waals surface area contributed by atoms with Crippen LogP contribution in [0.2, 0.25) is 5.02 Å². The van der Waals surface area contributed by atoms with Crippen molar-refractivity contribution in [2.45, 2.75) is 20.4 Å². The first-order valence-electron chi connectivity index (χ1n) is 7.21. The maximum atomic E-state index is 12.3. The molecule has 0 saturated carbocycles. The fourth-order valence-electron chi connectivity index (χ4n) is 2.48. The van der Waals surface area contributed by atoms with Crippen molar-refractivity contribution >= 4 is 17.5 Å². The number of rotatable bonds is 3. The Kier molecular flexibility index (Phi) is 4.22. The highest BCUT2D eigenvalue weighted by atomic mass is 35.5. The Labute approximate surface area is 133 Å². The molecule has 1 amide bonds. The van der Waals surface area contributed by atoms with Crippen LogP contribution in [0.25, 0.3) is 0 Å². The Morgan fingerprint density at radius 1 is 1.32 bits per heavy atom. The Bertz CT molecular complexity index is 686. The lowest BCUT2D eigenvalue weighted by Gasteiger charge is -2.25. The number of halogens is 1. The van der Waals surface area contributed by atoms with Crippen LogP contribution >= 0.6 is 11.6 Å². The predicted octanol–water partition coefficient (Wildman–Crippen LogP) is 2.27. The summed E-state index contributed by atoms with van der Waals surface area (Å²) < 4.78 is 12.7. The summed E-state index contributed by atoms with van der Waals surface area (Å²) in [5.74, 6) is 0.935. The summed E-state index contributed by atoms with van der Waals surface area (Å²) in [6, 6.07) is 3.51. The molecule has 1 fully saturated rings. The minimum atomic E-state index is -0.0963. The molecule has 0 bridgehead atoms. The van der Waals surface area contributed by atoms with Gasteiger partial charge in [0, 0.05) is 13.1 Å². The Balaban J connectivity index is 1.73. The molecule has 0 unspecified atom stereocenters. The standard InChI is InChI=1S/C15H18ClN3O3/c1-10-14(16)11(2)19(17-10)9-12-3-4-13(22-12)15(20)18-5-7-21-8-6-18/h3-4H,5-9H2,1-2H3. The lowest BCUT2D eigenvalue weighted by molar-refractivity contribution is 0.0281. The number of aryl methyl sites for hydroxylation is 1. The number of carbonyl (C=O) groups excluding carboxylic acids is 1.